The van der Waals surface area contributed by atoms with Crippen LogP contribution in [0.1, 0.15) is 36.1 Å². The Morgan fingerprint density at radius 3 is 2.74 bits per heavy atom. The number of nitrogens with one attached hydrogen (secondary N) is 2. The summed E-state index contributed by atoms with van der Waals surface area (Å²) in [6.07, 6.45) is 3.14. The van der Waals surface area contributed by atoms with E-state index in [2.05, 4.69) is 15.6 Å². The summed E-state index contributed by atoms with van der Waals surface area (Å²) in [5, 5.41) is 17.1. The molecule has 1 aliphatic rings. The van der Waals surface area contributed by atoms with E-state index in [1.807, 2.05) is 43.3 Å². The third-order valence-electron chi connectivity index (χ3n) is 6.85. The van der Waals surface area contributed by atoms with Crippen molar-refractivity contribution in [2.24, 2.45) is 0 Å². The van der Waals surface area contributed by atoms with E-state index in [4.69, 9.17) is 4.74 Å². The van der Waals surface area contributed by atoms with Gasteiger partial charge in [0.05, 0.1) is 12.1 Å². The molecular weight excluding hydrogens is 499 g/mol. The summed E-state index contributed by atoms with van der Waals surface area (Å²) in [5.41, 5.74) is 3.53. The Hall–Kier alpha value is -3.82. The van der Waals surface area contributed by atoms with Crippen molar-refractivity contribution in [3.63, 3.8) is 0 Å². The number of piperazine rings is 1. The number of pyridine rings is 1. The summed E-state index contributed by atoms with van der Waals surface area (Å²) in [6.45, 7) is 5.06. The van der Waals surface area contributed by atoms with Gasteiger partial charge in [0.15, 0.2) is 0 Å². The molecule has 1 fully saturated rings. The first-order valence-corrected chi connectivity index (χ1v) is 13.2. The van der Waals surface area contributed by atoms with Crippen molar-refractivity contribution in [1.29, 1.82) is 0 Å². The van der Waals surface area contributed by atoms with Gasteiger partial charge in [0.1, 0.15) is 24.2 Å². The number of hydrogen-bond donors (Lipinski definition) is 3. The Morgan fingerprint density at radius 2 is 2.00 bits per heavy atom. The molecule has 0 unspecified atom stereocenters. The lowest BCUT2D eigenvalue weighted by molar-refractivity contribution is -0.141. The maximum atomic E-state index is 14.6. The highest BCUT2D eigenvalue weighted by molar-refractivity contribution is 5.83. The molecule has 9 heteroatoms. The Morgan fingerprint density at radius 1 is 1.21 bits per heavy atom. The van der Waals surface area contributed by atoms with Gasteiger partial charge < -0.3 is 25.4 Å². The van der Waals surface area contributed by atoms with Gasteiger partial charge in [0.25, 0.3) is 0 Å². The van der Waals surface area contributed by atoms with Gasteiger partial charge in [-0.1, -0.05) is 37.3 Å². The van der Waals surface area contributed by atoms with Gasteiger partial charge in [-0.3, -0.25) is 14.6 Å². The molecule has 1 aliphatic heterocycles. The predicted molar refractivity (Wildman–Crippen MR) is 145 cm³/mol. The Kier molecular flexibility index (Phi) is 9.62. The first-order valence-electron chi connectivity index (χ1n) is 13.2. The third-order valence-corrected chi connectivity index (χ3v) is 6.85. The van der Waals surface area contributed by atoms with Crippen LogP contribution in [0, 0.1) is 5.82 Å². The zero-order valence-electron chi connectivity index (χ0n) is 22.3. The number of carbonyl (C=O) groups excluding carboxylic acids is 2. The average Bonchev–Trinajstić information content (AvgIpc) is 2.92. The fourth-order valence-electron chi connectivity index (χ4n) is 4.88. The van der Waals surface area contributed by atoms with Crippen molar-refractivity contribution in [2.45, 2.75) is 58.0 Å². The number of nitrogens with zero attached hydrogens (tertiary/aromatic N) is 2. The van der Waals surface area contributed by atoms with Gasteiger partial charge >= 0.3 is 0 Å². The summed E-state index contributed by atoms with van der Waals surface area (Å²) < 4.78 is 20.5. The molecule has 8 nitrogen and oxygen atoms in total. The lowest BCUT2D eigenvalue weighted by Crippen LogP contribution is -2.63. The van der Waals surface area contributed by atoms with Gasteiger partial charge in [-0.2, -0.15) is 0 Å². The molecule has 0 aliphatic carbocycles. The van der Waals surface area contributed by atoms with Gasteiger partial charge in [0, 0.05) is 45.0 Å². The number of rotatable bonds is 11. The summed E-state index contributed by atoms with van der Waals surface area (Å²) in [4.78, 5) is 31.2. The number of aliphatic hydroxyl groups excluding tert-OH is 1. The fraction of sp³-hybridized carbons (Fsp3) is 0.367. The molecular formula is C30H35FN4O4. The van der Waals surface area contributed by atoms with E-state index in [-0.39, 0.29) is 24.8 Å². The zero-order valence-corrected chi connectivity index (χ0v) is 22.3. The van der Waals surface area contributed by atoms with Crippen LogP contribution in [0.15, 0.2) is 67.0 Å². The molecule has 206 valence electrons. The molecule has 3 N–H and O–H groups in total. The van der Waals surface area contributed by atoms with Crippen molar-refractivity contribution in [1.82, 2.24) is 20.5 Å². The molecule has 0 radical (unpaired) electrons. The molecule has 3 atom stereocenters. The maximum absolute atomic E-state index is 14.6. The first-order chi connectivity index (χ1) is 18.8. The van der Waals surface area contributed by atoms with Crippen molar-refractivity contribution in [3.05, 3.63) is 95.1 Å². The fourth-order valence-corrected chi connectivity index (χ4v) is 4.88. The molecule has 1 saturated heterocycles. The van der Waals surface area contributed by atoms with Crippen LogP contribution < -0.4 is 15.4 Å². The minimum atomic E-state index is -1.24. The van der Waals surface area contributed by atoms with E-state index >= 15 is 0 Å². The van der Waals surface area contributed by atoms with Gasteiger partial charge in [-0.05, 0) is 53.3 Å². The number of aromatic nitrogens is 1. The number of aliphatic hydroxyl groups is 1. The zero-order chi connectivity index (χ0) is 27.8. The third kappa shape index (κ3) is 7.61. The first kappa shape index (κ1) is 28.2. The monoisotopic (exact) mass is 534 g/mol. The maximum Gasteiger partial charge on any atom is 0.242 e. The molecule has 2 heterocycles. The van der Waals surface area contributed by atoms with Crippen LogP contribution in [0.2, 0.25) is 0 Å². The van der Waals surface area contributed by atoms with E-state index in [1.165, 1.54) is 19.1 Å². The molecule has 3 aromatic rings. The minimum Gasteiger partial charge on any atom is -0.489 e. The number of halogens is 1. The second-order valence-corrected chi connectivity index (χ2v) is 9.76. The molecule has 0 saturated carbocycles. The average molecular weight is 535 g/mol. The lowest BCUT2D eigenvalue weighted by Gasteiger charge is -2.38. The molecule has 0 spiro atoms. The van der Waals surface area contributed by atoms with E-state index in [0.29, 0.717) is 30.9 Å². The van der Waals surface area contributed by atoms with Gasteiger partial charge in [-0.15, -0.1) is 0 Å². The lowest BCUT2D eigenvalue weighted by atomic mass is 9.94. The van der Waals surface area contributed by atoms with Crippen molar-refractivity contribution in [3.8, 4) is 5.75 Å². The normalized spacial score (nSPS) is 17.0. The number of aryl methyl sites for hydroxylation is 1. The predicted octanol–water partition coefficient (Wildman–Crippen LogP) is 2.77. The van der Waals surface area contributed by atoms with Gasteiger partial charge in [0.2, 0.25) is 11.8 Å². The molecule has 2 amide bonds. The molecule has 0 bridgehead atoms. The highest BCUT2D eigenvalue weighted by Gasteiger charge is 2.38. The van der Waals surface area contributed by atoms with E-state index in [9.17, 15) is 19.1 Å². The van der Waals surface area contributed by atoms with Crippen LogP contribution in [0.25, 0.3) is 0 Å². The second-order valence-electron chi connectivity index (χ2n) is 9.76. The Labute approximate surface area is 228 Å². The van der Waals surface area contributed by atoms with E-state index in [0.717, 1.165) is 23.1 Å². The van der Waals surface area contributed by atoms with Crippen molar-refractivity contribution >= 4 is 11.8 Å². The summed E-state index contributed by atoms with van der Waals surface area (Å²) >= 11 is 0. The number of amides is 2. The van der Waals surface area contributed by atoms with E-state index < -0.39 is 24.0 Å². The number of carbonyl (C=O) groups is 2. The highest BCUT2D eigenvalue weighted by atomic mass is 19.1. The molecule has 39 heavy (non-hydrogen) atoms. The van der Waals surface area contributed by atoms with Crippen molar-refractivity contribution in [2.75, 3.05) is 13.1 Å². The standard InChI is InChI=1S/C30H35FN4O4/c1-3-23-17-32-10-9-24(23)19-39-26-14-22(13-25(31)16-26)15-27(34-20(2)36)29(37)28-30(38)35(12-11-33-28)18-21-7-5-4-6-8-21/h4-10,13-14,16-17,27-29,33,37H,3,11-12,15,18-19H2,1-2H3,(H,34,36)/t27-,28-,29-/m0/s1. The van der Waals surface area contributed by atoms with Crippen LogP contribution in [-0.4, -0.2) is 58.1 Å². The smallest absolute Gasteiger partial charge is 0.242 e. The Balaban J connectivity index is 1.48. The largest absolute Gasteiger partial charge is 0.489 e. The second kappa shape index (κ2) is 13.3. The van der Waals surface area contributed by atoms with E-state index in [1.54, 1.807) is 23.4 Å². The van der Waals surface area contributed by atoms with Crippen LogP contribution in [0.5, 0.6) is 5.75 Å². The number of hydrogen-bond acceptors (Lipinski definition) is 6. The van der Waals surface area contributed by atoms with Crippen LogP contribution in [-0.2, 0) is 35.6 Å². The summed E-state index contributed by atoms with van der Waals surface area (Å²) in [5.74, 6) is -0.771. The molecule has 4 rings (SSSR count). The minimum absolute atomic E-state index is 0.106. The SMILES string of the molecule is CCc1cnccc1COc1cc(F)cc(C[C@H](NC(C)=O)[C@H](O)[C@@H]2NCCN(Cc3ccccc3)C2=O)c1. The van der Waals surface area contributed by atoms with Crippen LogP contribution >= 0.6 is 0 Å². The highest BCUT2D eigenvalue weighted by Crippen LogP contribution is 2.22. The number of benzene rings is 2. The molecule has 1 aromatic heterocycles. The van der Waals surface area contributed by atoms with Gasteiger partial charge in [-0.25, -0.2) is 4.39 Å². The topological polar surface area (TPSA) is 104 Å². The Bertz CT molecular complexity index is 1270. The quantitative estimate of drug-likeness (QED) is 0.350. The summed E-state index contributed by atoms with van der Waals surface area (Å²) in [7, 11) is 0. The van der Waals surface area contributed by atoms with Crippen LogP contribution in [0.4, 0.5) is 4.39 Å². The van der Waals surface area contributed by atoms with Crippen LogP contribution in [0.3, 0.4) is 0 Å². The van der Waals surface area contributed by atoms with Crippen molar-refractivity contribution < 1.29 is 23.8 Å². The molecule has 2 aromatic carbocycles. The summed E-state index contributed by atoms with van der Waals surface area (Å²) in [6, 6.07) is 14.1. The number of ether oxygens (including phenoxy) is 1.